The van der Waals surface area contributed by atoms with Crippen molar-refractivity contribution in [3.05, 3.63) is 123 Å². The molecule has 0 amide bonds. The lowest BCUT2D eigenvalue weighted by Gasteiger charge is -2.24. The molecule has 0 saturated heterocycles. The van der Waals surface area contributed by atoms with Gasteiger partial charge < -0.3 is 14.2 Å². The van der Waals surface area contributed by atoms with Gasteiger partial charge in [0.2, 0.25) is 0 Å². The quantitative estimate of drug-likeness (QED) is 0.236. The summed E-state index contributed by atoms with van der Waals surface area (Å²) in [5.41, 5.74) is 2.68. The monoisotopic (exact) mass is 628 g/mol. The molecule has 0 spiro atoms. The number of fused-ring (bicyclic) bond motifs is 1. The Morgan fingerprint density at radius 3 is 2.41 bits per heavy atom. The third-order valence-electron chi connectivity index (χ3n) is 6.50. The summed E-state index contributed by atoms with van der Waals surface area (Å²) >= 11 is 19.6. The lowest BCUT2D eigenvalue weighted by atomic mass is 9.96. The highest BCUT2D eigenvalue weighted by Gasteiger charge is 2.33. The van der Waals surface area contributed by atoms with Gasteiger partial charge in [-0.25, -0.2) is 9.79 Å². The van der Waals surface area contributed by atoms with Crippen LogP contribution in [0.1, 0.15) is 29.7 Å². The van der Waals surface area contributed by atoms with Gasteiger partial charge in [0.1, 0.15) is 6.61 Å². The number of ether oxygens (including phenoxy) is 3. The highest BCUT2D eigenvalue weighted by molar-refractivity contribution is 7.07. The van der Waals surface area contributed by atoms with E-state index in [9.17, 15) is 9.59 Å². The van der Waals surface area contributed by atoms with Crippen molar-refractivity contribution in [2.24, 2.45) is 4.99 Å². The fourth-order valence-corrected chi connectivity index (χ4v) is 6.13. The van der Waals surface area contributed by atoms with E-state index in [1.807, 2.05) is 6.07 Å². The Hall–Kier alpha value is -3.56. The van der Waals surface area contributed by atoms with Crippen molar-refractivity contribution >= 4 is 58.2 Å². The Morgan fingerprint density at radius 1 is 1.00 bits per heavy atom. The van der Waals surface area contributed by atoms with Crippen LogP contribution in [0.25, 0.3) is 6.08 Å². The molecule has 0 aliphatic carbocycles. The molecule has 0 radical (unpaired) electrons. The van der Waals surface area contributed by atoms with Gasteiger partial charge >= 0.3 is 5.97 Å². The number of allylic oxidation sites excluding steroid dienone is 1. The SMILES string of the molecule is COC(=O)C1=C(C)N=c2s/c(=C\c3ccc(OCc4ccc(Cl)cc4Cl)c(OC)c3)c(=O)n2[C@H]1c1ccc(Cl)cc1. The van der Waals surface area contributed by atoms with E-state index in [4.69, 9.17) is 49.0 Å². The van der Waals surface area contributed by atoms with Crippen LogP contribution >= 0.6 is 46.1 Å². The Balaban J connectivity index is 1.53. The number of carbonyl (C=O) groups excluding carboxylic acids is 1. The molecule has 0 fully saturated rings. The number of esters is 1. The molecule has 210 valence electrons. The first-order valence-electron chi connectivity index (χ1n) is 12.3. The van der Waals surface area contributed by atoms with Gasteiger partial charge in [-0.05, 0) is 60.5 Å². The molecule has 1 aliphatic rings. The summed E-state index contributed by atoms with van der Waals surface area (Å²) in [6.07, 6.45) is 1.75. The molecule has 7 nitrogen and oxygen atoms in total. The number of hydrogen-bond donors (Lipinski definition) is 0. The number of halogens is 3. The zero-order chi connectivity index (χ0) is 29.3. The van der Waals surface area contributed by atoms with Crippen LogP contribution in [-0.2, 0) is 16.1 Å². The van der Waals surface area contributed by atoms with Crippen LogP contribution in [0, 0.1) is 0 Å². The van der Waals surface area contributed by atoms with Crippen molar-refractivity contribution in [1.29, 1.82) is 0 Å². The van der Waals surface area contributed by atoms with Gasteiger partial charge in [0.25, 0.3) is 5.56 Å². The second kappa shape index (κ2) is 12.1. The Kier molecular flexibility index (Phi) is 8.56. The summed E-state index contributed by atoms with van der Waals surface area (Å²) in [5, 5.41) is 1.59. The second-order valence-corrected chi connectivity index (χ2v) is 11.3. The topological polar surface area (TPSA) is 79.1 Å². The lowest BCUT2D eigenvalue weighted by Crippen LogP contribution is -2.39. The first kappa shape index (κ1) is 29.0. The van der Waals surface area contributed by atoms with Crippen LogP contribution in [0.3, 0.4) is 0 Å². The van der Waals surface area contributed by atoms with Crippen LogP contribution in [-0.4, -0.2) is 24.8 Å². The summed E-state index contributed by atoms with van der Waals surface area (Å²) in [5.74, 6) is 0.443. The van der Waals surface area contributed by atoms with Gasteiger partial charge in [-0.2, -0.15) is 0 Å². The molecule has 1 aliphatic heterocycles. The van der Waals surface area contributed by atoms with Crippen molar-refractivity contribution in [3.63, 3.8) is 0 Å². The lowest BCUT2D eigenvalue weighted by molar-refractivity contribution is -0.136. The highest BCUT2D eigenvalue weighted by Crippen LogP contribution is 2.32. The number of hydrogen-bond acceptors (Lipinski definition) is 7. The standard InChI is InChI=1S/C30H23Cl3N2O5S/c1-16-26(29(37)39-3)27(18-5-8-20(31)9-6-18)35-28(36)25(41-30(35)34-16)13-17-4-11-23(24(12-17)38-2)40-15-19-7-10-21(32)14-22(19)33/h4-14,27H,15H2,1-3H3/b25-13-/t27-/m0/s1. The number of thiazole rings is 1. The average Bonchev–Trinajstić information content (AvgIpc) is 3.26. The van der Waals surface area contributed by atoms with E-state index < -0.39 is 12.0 Å². The molecule has 2 heterocycles. The predicted octanol–water partition coefficient (Wildman–Crippen LogP) is 5.96. The van der Waals surface area contributed by atoms with Gasteiger partial charge in [0, 0.05) is 20.6 Å². The van der Waals surface area contributed by atoms with Crippen LogP contribution in [0.2, 0.25) is 15.1 Å². The Bertz CT molecular complexity index is 1860. The Morgan fingerprint density at radius 2 is 1.73 bits per heavy atom. The van der Waals surface area contributed by atoms with E-state index in [1.54, 1.807) is 74.7 Å². The zero-order valence-electron chi connectivity index (χ0n) is 22.1. The maximum atomic E-state index is 13.8. The van der Waals surface area contributed by atoms with E-state index in [1.165, 1.54) is 23.0 Å². The van der Waals surface area contributed by atoms with Crippen LogP contribution < -0.4 is 24.4 Å². The Labute approximate surface area is 254 Å². The molecule has 3 aromatic carbocycles. The van der Waals surface area contributed by atoms with Gasteiger partial charge in [-0.1, -0.05) is 70.4 Å². The maximum absolute atomic E-state index is 13.8. The summed E-state index contributed by atoms with van der Waals surface area (Å²) < 4.78 is 18.5. The van der Waals surface area contributed by atoms with Crippen LogP contribution in [0.4, 0.5) is 0 Å². The molecule has 0 unspecified atom stereocenters. The molecule has 5 rings (SSSR count). The molecule has 41 heavy (non-hydrogen) atoms. The van der Waals surface area contributed by atoms with Crippen molar-refractivity contribution in [2.45, 2.75) is 19.6 Å². The summed E-state index contributed by atoms with van der Waals surface area (Å²) in [6, 6.07) is 16.8. The zero-order valence-corrected chi connectivity index (χ0v) is 25.2. The van der Waals surface area contributed by atoms with Crippen LogP contribution in [0.5, 0.6) is 11.5 Å². The molecule has 11 heteroatoms. The van der Waals surface area contributed by atoms with Crippen molar-refractivity contribution < 1.29 is 19.0 Å². The van der Waals surface area contributed by atoms with E-state index >= 15 is 0 Å². The average molecular weight is 630 g/mol. The minimum absolute atomic E-state index is 0.219. The van der Waals surface area contributed by atoms with Gasteiger partial charge in [-0.3, -0.25) is 9.36 Å². The van der Waals surface area contributed by atoms with Gasteiger partial charge in [-0.15, -0.1) is 0 Å². The summed E-state index contributed by atoms with van der Waals surface area (Å²) in [6.45, 7) is 1.95. The minimum atomic E-state index is -0.719. The first-order chi connectivity index (χ1) is 19.7. The molecule has 0 bridgehead atoms. The highest BCUT2D eigenvalue weighted by atomic mass is 35.5. The molecule has 0 N–H and O–H groups in total. The van der Waals surface area contributed by atoms with E-state index in [2.05, 4.69) is 4.99 Å². The first-order valence-corrected chi connectivity index (χ1v) is 14.3. The molecular weight excluding hydrogens is 607 g/mol. The fourth-order valence-electron chi connectivity index (χ4n) is 4.49. The summed E-state index contributed by atoms with van der Waals surface area (Å²) in [7, 11) is 2.84. The van der Waals surface area contributed by atoms with Crippen molar-refractivity contribution in [2.75, 3.05) is 14.2 Å². The second-order valence-electron chi connectivity index (χ2n) is 9.06. The van der Waals surface area contributed by atoms with Crippen molar-refractivity contribution in [3.8, 4) is 11.5 Å². The number of rotatable bonds is 7. The number of methoxy groups -OCH3 is 2. The fraction of sp³-hybridized carbons (Fsp3) is 0.167. The number of carbonyl (C=O) groups is 1. The van der Waals surface area contributed by atoms with Gasteiger partial charge in [0.05, 0.1) is 36.1 Å². The minimum Gasteiger partial charge on any atom is -0.493 e. The largest absolute Gasteiger partial charge is 0.493 e. The third-order valence-corrected chi connectivity index (χ3v) is 8.32. The predicted molar refractivity (Wildman–Crippen MR) is 161 cm³/mol. The molecular formula is C30H23Cl3N2O5S. The molecule has 0 saturated carbocycles. The summed E-state index contributed by atoms with van der Waals surface area (Å²) in [4.78, 5) is 31.6. The van der Waals surface area contributed by atoms with E-state index in [0.29, 0.717) is 47.2 Å². The maximum Gasteiger partial charge on any atom is 0.338 e. The normalized spacial score (nSPS) is 14.9. The smallest absolute Gasteiger partial charge is 0.338 e. The molecule has 4 aromatic rings. The molecule has 1 atom stereocenters. The van der Waals surface area contributed by atoms with Crippen molar-refractivity contribution in [1.82, 2.24) is 4.57 Å². The van der Waals surface area contributed by atoms with Crippen LogP contribution in [0.15, 0.2) is 81.7 Å². The third kappa shape index (κ3) is 5.92. The van der Waals surface area contributed by atoms with E-state index in [0.717, 1.165) is 11.1 Å². The number of benzene rings is 3. The van der Waals surface area contributed by atoms with Gasteiger partial charge in [0.15, 0.2) is 16.3 Å². The number of nitrogens with zero attached hydrogens (tertiary/aromatic N) is 2. The molecule has 1 aromatic heterocycles. The van der Waals surface area contributed by atoms with E-state index in [-0.39, 0.29) is 17.7 Å². The number of aromatic nitrogens is 1.